The van der Waals surface area contributed by atoms with Crippen molar-refractivity contribution < 1.29 is 13.9 Å². The quantitative estimate of drug-likeness (QED) is 0.513. The second kappa shape index (κ2) is 7.45. The number of aromatic amines is 1. The number of aryl methyl sites for hydroxylation is 1. The highest BCUT2D eigenvalue weighted by Crippen LogP contribution is 2.23. The minimum atomic E-state index is -0.592. The smallest absolute Gasteiger partial charge is 0.306 e. The number of carbonyl (C=O) groups excluding carboxylic acids is 1. The van der Waals surface area contributed by atoms with E-state index in [4.69, 9.17) is 9.15 Å². The number of hydrogen-bond acceptors (Lipinski definition) is 5. The maximum atomic E-state index is 12.2. The molecule has 1 N–H and O–H groups in total. The van der Waals surface area contributed by atoms with E-state index in [-0.39, 0.29) is 18.3 Å². The van der Waals surface area contributed by atoms with E-state index in [0.29, 0.717) is 12.3 Å². The Balaban J connectivity index is 1.36. The van der Waals surface area contributed by atoms with Crippen LogP contribution < -0.4 is 0 Å². The maximum Gasteiger partial charge on any atom is 0.306 e. The number of rotatable bonds is 6. The number of nitrogens with zero attached hydrogens (tertiary/aromatic N) is 2. The van der Waals surface area contributed by atoms with E-state index in [9.17, 15) is 4.79 Å². The van der Waals surface area contributed by atoms with E-state index in [0.717, 1.165) is 22.0 Å². The number of para-hydroxylation sites is 1. The van der Waals surface area contributed by atoms with E-state index in [1.807, 2.05) is 60.8 Å². The number of benzene rings is 2. The number of hydrogen-bond donors (Lipinski definition) is 1. The lowest BCUT2D eigenvalue weighted by Crippen LogP contribution is -2.10. The van der Waals surface area contributed by atoms with Crippen molar-refractivity contribution in [2.24, 2.45) is 0 Å². The number of carbonyl (C=O) groups is 1. The summed E-state index contributed by atoms with van der Waals surface area (Å²) < 4.78 is 11.1. The highest BCUT2D eigenvalue weighted by Gasteiger charge is 2.19. The van der Waals surface area contributed by atoms with Crippen LogP contribution in [0.25, 0.3) is 22.4 Å². The number of esters is 1. The third-order valence-corrected chi connectivity index (χ3v) is 4.39. The van der Waals surface area contributed by atoms with Gasteiger partial charge in [-0.1, -0.05) is 36.4 Å². The first-order chi connectivity index (χ1) is 13.2. The Bertz CT molecular complexity index is 1050. The van der Waals surface area contributed by atoms with E-state index in [1.165, 1.54) is 0 Å². The second-order valence-corrected chi connectivity index (χ2v) is 6.30. The first kappa shape index (κ1) is 17.0. The van der Waals surface area contributed by atoms with Crippen LogP contribution >= 0.6 is 0 Å². The first-order valence-electron chi connectivity index (χ1n) is 8.84. The van der Waals surface area contributed by atoms with Crippen LogP contribution in [0.3, 0.4) is 0 Å². The van der Waals surface area contributed by atoms with E-state index in [1.54, 1.807) is 6.92 Å². The molecule has 27 heavy (non-hydrogen) atoms. The Hall–Kier alpha value is -3.41. The molecule has 2 heterocycles. The standard InChI is InChI=1S/C21H19N3O3/c1-14(20-23-24-21(27-20)15-7-3-2-4-8-15)26-19(25)12-11-16-13-22-18-10-6-5-9-17(16)18/h2-10,13-14,22H,11-12H2,1H3/t14-/m1/s1. The molecule has 0 radical (unpaired) electrons. The molecule has 0 aliphatic rings. The van der Waals surface area contributed by atoms with Crippen LogP contribution in [-0.4, -0.2) is 21.2 Å². The van der Waals surface area contributed by atoms with Gasteiger partial charge < -0.3 is 14.1 Å². The van der Waals surface area contributed by atoms with Crippen molar-refractivity contribution in [2.45, 2.75) is 25.9 Å². The zero-order chi connectivity index (χ0) is 18.6. The van der Waals surface area contributed by atoms with Gasteiger partial charge in [-0.3, -0.25) is 4.79 Å². The van der Waals surface area contributed by atoms with E-state index >= 15 is 0 Å². The monoisotopic (exact) mass is 361 g/mol. The molecule has 0 aliphatic carbocycles. The lowest BCUT2D eigenvalue weighted by atomic mass is 10.1. The van der Waals surface area contributed by atoms with Crippen molar-refractivity contribution in [2.75, 3.05) is 0 Å². The molecule has 6 heteroatoms. The summed E-state index contributed by atoms with van der Waals surface area (Å²) in [5.41, 5.74) is 2.99. The van der Waals surface area contributed by atoms with Gasteiger partial charge in [0.25, 0.3) is 5.89 Å². The van der Waals surface area contributed by atoms with Gasteiger partial charge >= 0.3 is 5.97 Å². The molecule has 0 saturated carbocycles. The van der Waals surface area contributed by atoms with Crippen molar-refractivity contribution in [3.63, 3.8) is 0 Å². The maximum absolute atomic E-state index is 12.2. The molecule has 0 unspecified atom stereocenters. The molecule has 0 saturated heterocycles. The van der Waals surface area contributed by atoms with Crippen LogP contribution in [0.2, 0.25) is 0 Å². The zero-order valence-corrected chi connectivity index (χ0v) is 14.9. The number of aromatic nitrogens is 3. The molecule has 2 aromatic carbocycles. The third kappa shape index (κ3) is 3.74. The molecule has 0 bridgehead atoms. The molecular formula is C21H19N3O3. The molecule has 136 valence electrons. The van der Waals surface area contributed by atoms with Crippen LogP contribution in [0.15, 0.2) is 65.2 Å². The summed E-state index contributed by atoms with van der Waals surface area (Å²) in [4.78, 5) is 15.4. The average Bonchev–Trinajstić information content (AvgIpc) is 3.35. The molecule has 0 spiro atoms. The predicted molar refractivity (Wildman–Crippen MR) is 101 cm³/mol. The normalized spacial score (nSPS) is 12.2. The van der Waals surface area contributed by atoms with Crippen LogP contribution in [0.4, 0.5) is 0 Å². The Labute approximate surface area is 156 Å². The Morgan fingerprint density at radius 2 is 1.89 bits per heavy atom. The highest BCUT2D eigenvalue weighted by atomic mass is 16.6. The molecule has 0 amide bonds. The molecule has 2 aromatic heterocycles. The van der Waals surface area contributed by atoms with Crippen LogP contribution in [0.1, 0.15) is 30.9 Å². The van der Waals surface area contributed by atoms with Crippen molar-refractivity contribution >= 4 is 16.9 Å². The van der Waals surface area contributed by atoms with Crippen molar-refractivity contribution in [1.29, 1.82) is 0 Å². The van der Waals surface area contributed by atoms with Gasteiger partial charge in [0.15, 0.2) is 6.10 Å². The van der Waals surface area contributed by atoms with Gasteiger partial charge in [0.2, 0.25) is 5.89 Å². The molecule has 0 aliphatic heterocycles. The molecule has 4 rings (SSSR count). The fraction of sp³-hybridized carbons (Fsp3) is 0.190. The van der Waals surface area contributed by atoms with Crippen LogP contribution in [0.5, 0.6) is 0 Å². The summed E-state index contributed by atoms with van der Waals surface area (Å²) in [6.45, 7) is 1.73. The predicted octanol–water partition coefficient (Wildman–Crippen LogP) is 4.45. The van der Waals surface area contributed by atoms with Gasteiger partial charge in [-0.25, -0.2) is 0 Å². The molecular weight excluding hydrogens is 342 g/mol. The number of fused-ring (bicyclic) bond motifs is 1. The molecule has 0 fully saturated rings. The molecule has 1 atom stereocenters. The number of ether oxygens (including phenoxy) is 1. The Morgan fingerprint density at radius 1 is 1.11 bits per heavy atom. The van der Waals surface area contributed by atoms with Gasteiger partial charge in [0.05, 0.1) is 0 Å². The van der Waals surface area contributed by atoms with Gasteiger partial charge in [0, 0.05) is 29.1 Å². The van der Waals surface area contributed by atoms with E-state index in [2.05, 4.69) is 15.2 Å². The van der Waals surface area contributed by atoms with E-state index < -0.39 is 6.10 Å². The summed E-state index contributed by atoms with van der Waals surface area (Å²) in [6, 6.07) is 17.5. The minimum absolute atomic E-state index is 0.284. The first-order valence-corrected chi connectivity index (χ1v) is 8.84. The average molecular weight is 361 g/mol. The number of H-pyrrole nitrogens is 1. The van der Waals surface area contributed by atoms with Gasteiger partial charge in [-0.2, -0.15) is 0 Å². The third-order valence-electron chi connectivity index (χ3n) is 4.39. The summed E-state index contributed by atoms with van der Waals surface area (Å²) in [5.74, 6) is 0.397. The van der Waals surface area contributed by atoms with Gasteiger partial charge in [-0.15, -0.1) is 10.2 Å². The van der Waals surface area contributed by atoms with Crippen molar-refractivity contribution in [3.8, 4) is 11.5 Å². The fourth-order valence-electron chi connectivity index (χ4n) is 2.98. The summed E-state index contributed by atoms with van der Waals surface area (Å²) >= 11 is 0. The summed E-state index contributed by atoms with van der Waals surface area (Å²) in [6.07, 6.45) is 2.23. The molecule has 6 nitrogen and oxygen atoms in total. The van der Waals surface area contributed by atoms with Crippen LogP contribution in [0, 0.1) is 0 Å². The van der Waals surface area contributed by atoms with Crippen LogP contribution in [-0.2, 0) is 16.0 Å². The molecule has 4 aromatic rings. The Kier molecular flexibility index (Phi) is 4.70. The highest BCUT2D eigenvalue weighted by molar-refractivity contribution is 5.83. The zero-order valence-electron chi connectivity index (χ0n) is 14.9. The fourth-order valence-corrected chi connectivity index (χ4v) is 2.98. The lowest BCUT2D eigenvalue weighted by Gasteiger charge is -2.09. The number of nitrogens with one attached hydrogen (secondary N) is 1. The lowest BCUT2D eigenvalue weighted by molar-refractivity contribution is -0.149. The minimum Gasteiger partial charge on any atom is -0.453 e. The largest absolute Gasteiger partial charge is 0.453 e. The topological polar surface area (TPSA) is 81.0 Å². The van der Waals surface area contributed by atoms with Crippen molar-refractivity contribution in [3.05, 3.63) is 72.2 Å². The SMILES string of the molecule is C[C@@H](OC(=O)CCc1c[nH]c2ccccc12)c1nnc(-c2ccccc2)o1. The van der Waals surface area contributed by atoms with Crippen molar-refractivity contribution in [1.82, 2.24) is 15.2 Å². The second-order valence-electron chi connectivity index (χ2n) is 6.30. The summed E-state index contributed by atoms with van der Waals surface area (Å²) in [7, 11) is 0. The van der Waals surface area contributed by atoms with Gasteiger partial charge in [-0.05, 0) is 37.1 Å². The Morgan fingerprint density at radius 3 is 2.74 bits per heavy atom. The van der Waals surface area contributed by atoms with Gasteiger partial charge in [0.1, 0.15) is 0 Å². The summed E-state index contributed by atoms with van der Waals surface area (Å²) in [5, 5.41) is 9.15.